The molecule has 0 nitrogen and oxygen atoms in total. The molecule has 2 aliphatic rings. The zero-order valence-electron chi connectivity index (χ0n) is 40.9. The van der Waals surface area contributed by atoms with E-state index in [-0.39, 0.29) is 10.8 Å². The molecule has 0 atom stereocenters. The summed E-state index contributed by atoms with van der Waals surface area (Å²) in [5, 5.41) is 15.2. The fourth-order valence-corrected chi connectivity index (χ4v) is 13.7. The average Bonchev–Trinajstić information content (AvgIpc) is 3.80. The smallest absolute Gasteiger partial charge is 0.0159 e. The quantitative estimate of drug-likeness (QED) is 0.122. The lowest BCUT2D eigenvalue weighted by Crippen LogP contribution is -2.15. The maximum atomic E-state index is 2.54. The van der Waals surface area contributed by atoms with Gasteiger partial charge in [0.1, 0.15) is 0 Å². The van der Waals surface area contributed by atoms with Gasteiger partial charge < -0.3 is 0 Å². The average molecular weight is 915 g/mol. The SMILES string of the molecule is CC1(C)c2ccccc2-c2ccc(-c3c4ccccc4c(-c4ccc5c(c4)C(C)(C)c4ccccc4-5)c4cc(-c5c6ccccc6c(-c6cc7ccccc7c7ccccc67)c6ccccc56)ccc34)cc21. The van der Waals surface area contributed by atoms with Crippen LogP contribution in [0.1, 0.15) is 49.9 Å². The first kappa shape index (κ1) is 41.2. The number of benzene rings is 13. The molecule has 0 aliphatic heterocycles. The van der Waals surface area contributed by atoms with E-state index in [2.05, 4.69) is 258 Å². The molecule has 0 heteroatoms. The minimum atomic E-state index is -0.136. The Morgan fingerprint density at radius 1 is 0.208 bits per heavy atom. The van der Waals surface area contributed by atoms with Gasteiger partial charge in [0.2, 0.25) is 0 Å². The lowest BCUT2D eigenvalue weighted by atomic mass is 9.79. The highest BCUT2D eigenvalue weighted by atomic mass is 14.4. The van der Waals surface area contributed by atoms with Crippen LogP contribution in [0.2, 0.25) is 0 Å². The highest BCUT2D eigenvalue weighted by Crippen LogP contribution is 2.55. The van der Waals surface area contributed by atoms with E-state index in [9.17, 15) is 0 Å². The molecule has 72 heavy (non-hydrogen) atoms. The van der Waals surface area contributed by atoms with Crippen LogP contribution in [0.15, 0.2) is 231 Å². The third-order valence-electron chi connectivity index (χ3n) is 17.0. The van der Waals surface area contributed by atoms with E-state index < -0.39 is 0 Å². The Balaban J connectivity index is 1.04. The van der Waals surface area contributed by atoms with Gasteiger partial charge in [-0.05, 0) is 178 Å². The van der Waals surface area contributed by atoms with Gasteiger partial charge in [0.05, 0.1) is 0 Å². The van der Waals surface area contributed by atoms with Crippen molar-refractivity contribution in [2.75, 3.05) is 0 Å². The number of fused-ring (bicyclic) bond motifs is 13. The van der Waals surface area contributed by atoms with Crippen molar-refractivity contribution in [2.24, 2.45) is 0 Å². The highest BCUT2D eigenvalue weighted by Gasteiger charge is 2.37. The second kappa shape index (κ2) is 15.0. The maximum Gasteiger partial charge on any atom is 0.0159 e. The van der Waals surface area contributed by atoms with Gasteiger partial charge in [0.15, 0.2) is 0 Å². The van der Waals surface area contributed by atoms with Gasteiger partial charge >= 0.3 is 0 Å². The molecule has 13 aromatic rings. The van der Waals surface area contributed by atoms with E-state index in [0.29, 0.717) is 0 Å². The van der Waals surface area contributed by atoms with Gasteiger partial charge in [-0.1, -0.05) is 234 Å². The van der Waals surface area contributed by atoms with Crippen LogP contribution in [0.4, 0.5) is 0 Å². The predicted octanol–water partition coefficient (Wildman–Crippen LogP) is 19.9. The molecular weight excluding hydrogens is 865 g/mol. The summed E-state index contributed by atoms with van der Waals surface area (Å²) in [5.74, 6) is 0. The molecule has 338 valence electrons. The monoisotopic (exact) mass is 914 g/mol. The van der Waals surface area contributed by atoms with Gasteiger partial charge in [0.25, 0.3) is 0 Å². The second-order valence-electron chi connectivity index (χ2n) is 21.4. The normalized spacial score (nSPS) is 14.1. The highest BCUT2D eigenvalue weighted by molar-refractivity contribution is 6.27. The molecule has 0 fully saturated rings. The van der Waals surface area contributed by atoms with Gasteiger partial charge in [-0.25, -0.2) is 0 Å². The second-order valence-corrected chi connectivity index (χ2v) is 21.4. The maximum absolute atomic E-state index is 2.54. The van der Waals surface area contributed by atoms with Crippen LogP contribution in [0.5, 0.6) is 0 Å². The summed E-state index contributed by atoms with van der Waals surface area (Å²) in [6.45, 7) is 9.58. The summed E-state index contributed by atoms with van der Waals surface area (Å²) in [7, 11) is 0. The fraction of sp³-hybridized carbons (Fsp3) is 0.0833. The van der Waals surface area contributed by atoms with Gasteiger partial charge in [-0.15, -0.1) is 0 Å². The molecule has 0 radical (unpaired) electrons. The Labute approximate surface area is 420 Å². The van der Waals surface area contributed by atoms with E-state index in [1.54, 1.807) is 0 Å². The molecule has 0 amide bonds. The van der Waals surface area contributed by atoms with Gasteiger partial charge in [0, 0.05) is 10.8 Å². The number of hydrogen-bond donors (Lipinski definition) is 0. The lowest BCUT2D eigenvalue weighted by Gasteiger charge is -2.24. The number of hydrogen-bond acceptors (Lipinski definition) is 0. The minimum absolute atomic E-state index is 0.122. The van der Waals surface area contributed by atoms with Crippen molar-refractivity contribution in [3.63, 3.8) is 0 Å². The Kier molecular flexibility index (Phi) is 8.57. The summed E-state index contributed by atoms with van der Waals surface area (Å²) in [6, 6.07) is 87.7. The minimum Gasteiger partial charge on any atom is -0.0619 e. The van der Waals surface area contributed by atoms with E-state index in [4.69, 9.17) is 0 Å². The van der Waals surface area contributed by atoms with Crippen LogP contribution in [0, 0.1) is 0 Å². The van der Waals surface area contributed by atoms with E-state index in [0.717, 1.165) is 0 Å². The Bertz CT molecular complexity index is 4440. The molecule has 0 unspecified atom stereocenters. The topological polar surface area (TPSA) is 0 Å². The molecule has 13 aromatic carbocycles. The van der Waals surface area contributed by atoms with Crippen molar-refractivity contribution in [3.05, 3.63) is 253 Å². The van der Waals surface area contributed by atoms with Gasteiger partial charge in [-0.2, -0.15) is 0 Å². The summed E-state index contributed by atoms with van der Waals surface area (Å²) in [4.78, 5) is 0. The molecule has 0 bridgehead atoms. The molecule has 0 spiro atoms. The molecule has 0 saturated heterocycles. The van der Waals surface area contributed by atoms with Crippen LogP contribution in [-0.4, -0.2) is 0 Å². The summed E-state index contributed by atoms with van der Waals surface area (Å²) in [6.07, 6.45) is 0. The van der Waals surface area contributed by atoms with Crippen molar-refractivity contribution in [3.8, 4) is 66.8 Å². The van der Waals surface area contributed by atoms with E-state index in [1.165, 1.54) is 154 Å². The fourth-order valence-electron chi connectivity index (χ4n) is 13.7. The standard InChI is InChI=1S/C72H50/c1-71(2)63-31-17-15-23-50(63)52-36-33-45(41-65(52)71)68-54-25-9-10-26-55(54)69(46-34-37-53-51-24-16-18-32-64(51)72(3,4)66(53)42-46)62-40-44(35-38-60(62)68)67-56-27-11-13-29-58(56)70(59-30-14-12-28-57(59)67)61-39-43-19-5-6-20-47(43)48-21-7-8-22-49(48)61/h5-42H,1-4H3. The van der Waals surface area contributed by atoms with Gasteiger partial charge in [-0.3, -0.25) is 0 Å². The van der Waals surface area contributed by atoms with Crippen LogP contribution in [0.25, 0.3) is 131 Å². The van der Waals surface area contributed by atoms with Crippen LogP contribution in [-0.2, 0) is 10.8 Å². The summed E-state index contributed by atoms with van der Waals surface area (Å²) < 4.78 is 0. The van der Waals surface area contributed by atoms with Crippen molar-refractivity contribution >= 4 is 64.6 Å². The van der Waals surface area contributed by atoms with Crippen LogP contribution < -0.4 is 0 Å². The Morgan fingerprint density at radius 2 is 0.556 bits per heavy atom. The molecule has 0 heterocycles. The van der Waals surface area contributed by atoms with Crippen LogP contribution >= 0.6 is 0 Å². The predicted molar refractivity (Wildman–Crippen MR) is 308 cm³/mol. The van der Waals surface area contributed by atoms with E-state index >= 15 is 0 Å². The van der Waals surface area contributed by atoms with Crippen molar-refractivity contribution in [2.45, 2.75) is 38.5 Å². The first-order valence-corrected chi connectivity index (χ1v) is 25.6. The molecular formula is C72H50. The lowest BCUT2D eigenvalue weighted by molar-refractivity contribution is 0.660. The first-order valence-electron chi connectivity index (χ1n) is 25.6. The van der Waals surface area contributed by atoms with Crippen LogP contribution in [0.3, 0.4) is 0 Å². The molecule has 0 aromatic heterocycles. The Hall–Kier alpha value is -8.58. The zero-order chi connectivity index (χ0) is 48.0. The summed E-state index contributed by atoms with van der Waals surface area (Å²) >= 11 is 0. The number of rotatable bonds is 4. The van der Waals surface area contributed by atoms with E-state index in [1.807, 2.05) is 0 Å². The van der Waals surface area contributed by atoms with Crippen molar-refractivity contribution in [1.82, 2.24) is 0 Å². The van der Waals surface area contributed by atoms with Crippen molar-refractivity contribution in [1.29, 1.82) is 0 Å². The molecule has 2 aliphatic carbocycles. The molecule has 0 saturated carbocycles. The Morgan fingerprint density at radius 3 is 1.07 bits per heavy atom. The molecule has 0 N–H and O–H groups in total. The van der Waals surface area contributed by atoms with Crippen molar-refractivity contribution < 1.29 is 0 Å². The first-order chi connectivity index (χ1) is 35.3. The third-order valence-corrected chi connectivity index (χ3v) is 17.0. The molecule has 15 rings (SSSR count). The third kappa shape index (κ3) is 5.64. The summed E-state index contributed by atoms with van der Waals surface area (Å²) in [5.41, 5.74) is 20.8. The largest absolute Gasteiger partial charge is 0.0619 e. The zero-order valence-corrected chi connectivity index (χ0v) is 40.9.